The molecule has 14 heteroatoms. The molecule has 1 aromatic heterocycles. The van der Waals surface area contributed by atoms with Gasteiger partial charge in [-0.25, -0.2) is 8.78 Å². The van der Waals surface area contributed by atoms with E-state index < -0.39 is 23.8 Å². The highest BCUT2D eigenvalue weighted by Crippen LogP contribution is 2.23. The quantitative estimate of drug-likeness (QED) is 0.418. The first-order chi connectivity index (χ1) is 22.6. The van der Waals surface area contributed by atoms with Crippen molar-refractivity contribution >= 4 is 23.6 Å². The van der Waals surface area contributed by atoms with Gasteiger partial charge in [-0.3, -0.25) is 19.2 Å². The highest BCUT2D eigenvalue weighted by atomic mass is 19.1. The number of aryl methyl sites for hydroxylation is 2. The second-order valence-corrected chi connectivity index (χ2v) is 12.4. The Morgan fingerprint density at radius 3 is 2.62 bits per heavy atom. The van der Waals surface area contributed by atoms with Crippen molar-refractivity contribution in [1.29, 1.82) is 0 Å². The lowest BCUT2D eigenvalue weighted by atomic mass is 10.0. The zero-order valence-electron chi connectivity index (χ0n) is 26.6. The van der Waals surface area contributed by atoms with Crippen LogP contribution in [-0.4, -0.2) is 91.9 Å². The number of hydrogen-bond donors (Lipinski definition) is 2. The van der Waals surface area contributed by atoms with Gasteiger partial charge < -0.3 is 20.4 Å². The van der Waals surface area contributed by atoms with Gasteiger partial charge in [0, 0.05) is 37.7 Å². The zero-order chi connectivity index (χ0) is 33.5. The zero-order valence-corrected chi connectivity index (χ0v) is 26.6. The van der Waals surface area contributed by atoms with Gasteiger partial charge in [-0.2, -0.15) is 4.80 Å². The van der Waals surface area contributed by atoms with Crippen LogP contribution in [0.3, 0.4) is 0 Å². The molecule has 250 valence electrons. The van der Waals surface area contributed by atoms with Crippen molar-refractivity contribution in [3.05, 3.63) is 65.2 Å². The van der Waals surface area contributed by atoms with Crippen molar-refractivity contribution in [2.24, 2.45) is 5.92 Å². The van der Waals surface area contributed by atoms with Gasteiger partial charge in [-0.1, -0.05) is 19.9 Å². The summed E-state index contributed by atoms with van der Waals surface area (Å²) in [6.45, 7) is 4.66. The second kappa shape index (κ2) is 15.2. The van der Waals surface area contributed by atoms with Crippen LogP contribution in [0.2, 0.25) is 0 Å². The number of tetrazole rings is 1. The first-order valence-corrected chi connectivity index (χ1v) is 16.1. The summed E-state index contributed by atoms with van der Waals surface area (Å²) in [5, 5.41) is 18.2. The largest absolute Gasteiger partial charge is 0.355 e. The number of fused-ring (bicyclic) bond motifs is 3. The highest BCUT2D eigenvalue weighted by Gasteiger charge is 2.37. The van der Waals surface area contributed by atoms with Gasteiger partial charge in [-0.15, -0.1) is 10.2 Å². The predicted molar refractivity (Wildman–Crippen MR) is 168 cm³/mol. The van der Waals surface area contributed by atoms with E-state index in [-0.39, 0.29) is 61.1 Å². The Kier molecular flexibility index (Phi) is 10.9. The molecule has 0 spiro atoms. The summed E-state index contributed by atoms with van der Waals surface area (Å²) in [6.07, 6.45) is 2.55. The number of aromatic nitrogens is 4. The molecular formula is C33H40F2N8O4. The minimum absolute atomic E-state index is 0.0690. The third kappa shape index (κ3) is 8.54. The third-order valence-electron chi connectivity index (χ3n) is 8.58. The van der Waals surface area contributed by atoms with Gasteiger partial charge in [0.2, 0.25) is 23.5 Å². The number of carbonyl (C=O) groups is 4. The van der Waals surface area contributed by atoms with Gasteiger partial charge in [0.05, 0.1) is 18.7 Å². The van der Waals surface area contributed by atoms with Crippen LogP contribution in [-0.2, 0) is 27.3 Å². The number of benzene rings is 2. The molecule has 2 bridgehead atoms. The van der Waals surface area contributed by atoms with Crippen LogP contribution in [0.15, 0.2) is 42.5 Å². The molecule has 5 rings (SSSR count). The number of carbonyl (C=O) groups excluding carboxylic acids is 4. The fourth-order valence-electron chi connectivity index (χ4n) is 5.85. The Labute approximate surface area is 271 Å². The topological polar surface area (TPSA) is 142 Å². The molecule has 1 fully saturated rings. The molecular weight excluding hydrogens is 610 g/mol. The van der Waals surface area contributed by atoms with E-state index in [1.54, 1.807) is 18.2 Å². The SMILES string of the molecule is CC(C)[C@@H]1CN(C(=O)CCCn2nnc(-c3ccc(F)cc3)n2)CC(=O)NCCCc2ccc(F)c(c2)C(=O)N2CCC[C@H]2C(=O)N1. The number of nitrogens with zero attached hydrogens (tertiary/aromatic N) is 6. The van der Waals surface area contributed by atoms with Crippen molar-refractivity contribution in [3.63, 3.8) is 0 Å². The smallest absolute Gasteiger partial charge is 0.257 e. The van der Waals surface area contributed by atoms with Crippen LogP contribution >= 0.6 is 0 Å². The van der Waals surface area contributed by atoms with Gasteiger partial charge in [0.15, 0.2) is 0 Å². The van der Waals surface area contributed by atoms with Crippen LogP contribution in [0.1, 0.15) is 61.9 Å². The summed E-state index contributed by atoms with van der Waals surface area (Å²) < 4.78 is 28.1. The number of rotatable bonds is 6. The summed E-state index contributed by atoms with van der Waals surface area (Å²) in [7, 11) is 0. The molecule has 3 aromatic rings. The molecule has 47 heavy (non-hydrogen) atoms. The maximum Gasteiger partial charge on any atom is 0.257 e. The van der Waals surface area contributed by atoms with Crippen molar-refractivity contribution in [2.45, 2.75) is 71.0 Å². The monoisotopic (exact) mass is 650 g/mol. The first-order valence-electron chi connectivity index (χ1n) is 16.1. The van der Waals surface area contributed by atoms with Crippen LogP contribution in [0.25, 0.3) is 11.4 Å². The Morgan fingerprint density at radius 1 is 1.06 bits per heavy atom. The summed E-state index contributed by atoms with van der Waals surface area (Å²) in [5.74, 6) is -2.30. The van der Waals surface area contributed by atoms with E-state index in [0.29, 0.717) is 56.6 Å². The van der Waals surface area contributed by atoms with E-state index in [1.165, 1.54) is 38.9 Å². The maximum absolute atomic E-state index is 14.8. The maximum atomic E-state index is 14.8. The number of halogens is 2. The van der Waals surface area contributed by atoms with E-state index in [2.05, 4.69) is 26.0 Å². The van der Waals surface area contributed by atoms with Crippen molar-refractivity contribution in [2.75, 3.05) is 26.2 Å². The third-order valence-corrected chi connectivity index (χ3v) is 8.58. The number of nitrogens with one attached hydrogen (secondary N) is 2. The molecule has 4 amide bonds. The summed E-state index contributed by atoms with van der Waals surface area (Å²) >= 11 is 0. The standard InChI is InChI=1S/C33H40F2N8O4/c1-21(2)27-19-41(30(45)8-5-17-43-39-31(38-40-43)23-10-12-24(34)13-11-23)20-29(44)36-15-3-6-22-9-14-26(35)25(18-22)33(47)42-16-4-7-28(42)32(46)37-27/h9-14,18,21,27-28H,3-8,15-17,19-20H2,1-2H3,(H,36,44)(H,37,46)/t27-,28-/m0/s1. The molecule has 2 N–H and O–H groups in total. The van der Waals surface area contributed by atoms with Crippen LogP contribution in [0.4, 0.5) is 8.78 Å². The normalized spacial score (nSPS) is 19.7. The van der Waals surface area contributed by atoms with E-state index >= 15 is 0 Å². The summed E-state index contributed by atoms with van der Waals surface area (Å²) in [5.41, 5.74) is 1.29. The van der Waals surface area contributed by atoms with Crippen molar-refractivity contribution in [1.82, 2.24) is 40.6 Å². The second-order valence-electron chi connectivity index (χ2n) is 12.4. The Balaban J connectivity index is 1.29. The highest BCUT2D eigenvalue weighted by molar-refractivity contribution is 5.98. The molecule has 12 nitrogen and oxygen atoms in total. The average Bonchev–Trinajstić information content (AvgIpc) is 3.73. The molecule has 1 saturated heterocycles. The lowest BCUT2D eigenvalue weighted by Gasteiger charge is -2.32. The van der Waals surface area contributed by atoms with E-state index in [0.717, 1.165) is 5.56 Å². The van der Waals surface area contributed by atoms with E-state index in [9.17, 15) is 28.0 Å². The first kappa shape index (κ1) is 33.6. The minimum Gasteiger partial charge on any atom is -0.355 e. The van der Waals surface area contributed by atoms with Crippen molar-refractivity contribution < 1.29 is 28.0 Å². The minimum atomic E-state index is -0.773. The summed E-state index contributed by atoms with van der Waals surface area (Å²) in [4.78, 5) is 57.8. The Bertz CT molecular complexity index is 1600. The van der Waals surface area contributed by atoms with Gasteiger partial charge in [0.25, 0.3) is 5.91 Å². The molecule has 0 radical (unpaired) electrons. The molecule has 2 aromatic carbocycles. The Hall–Kier alpha value is -4.75. The number of amides is 4. The van der Waals surface area contributed by atoms with Crippen LogP contribution < -0.4 is 10.6 Å². The van der Waals surface area contributed by atoms with Gasteiger partial charge in [0.1, 0.15) is 17.7 Å². The van der Waals surface area contributed by atoms with Gasteiger partial charge in [-0.05, 0) is 85.2 Å². The molecule has 3 heterocycles. The fraction of sp³-hybridized carbons (Fsp3) is 0.485. The predicted octanol–water partition coefficient (Wildman–Crippen LogP) is 2.74. The lowest BCUT2D eigenvalue weighted by molar-refractivity contribution is -0.137. The Morgan fingerprint density at radius 2 is 1.85 bits per heavy atom. The average molecular weight is 651 g/mol. The molecule has 0 aliphatic carbocycles. The molecule has 0 saturated carbocycles. The van der Waals surface area contributed by atoms with Gasteiger partial charge >= 0.3 is 0 Å². The lowest BCUT2D eigenvalue weighted by Crippen LogP contribution is -2.54. The van der Waals surface area contributed by atoms with Crippen LogP contribution in [0, 0.1) is 17.6 Å². The molecule has 2 aliphatic rings. The van der Waals surface area contributed by atoms with E-state index in [1.807, 2.05) is 13.8 Å². The van der Waals surface area contributed by atoms with E-state index in [4.69, 9.17) is 0 Å². The molecule has 2 aliphatic heterocycles. The van der Waals surface area contributed by atoms with Crippen LogP contribution in [0.5, 0.6) is 0 Å². The number of hydrogen-bond acceptors (Lipinski definition) is 7. The van der Waals surface area contributed by atoms with Crippen molar-refractivity contribution in [3.8, 4) is 11.4 Å². The molecule has 0 unspecified atom stereocenters. The molecule has 2 atom stereocenters. The fourth-order valence-corrected chi connectivity index (χ4v) is 5.85. The summed E-state index contributed by atoms with van der Waals surface area (Å²) in [6, 6.07) is 8.85.